The summed E-state index contributed by atoms with van der Waals surface area (Å²) in [6.45, 7) is 0. The topological polar surface area (TPSA) is 104 Å². The highest BCUT2D eigenvalue weighted by Crippen LogP contribution is 2.48. The third-order valence-corrected chi connectivity index (χ3v) is 5.77. The number of fused-ring (bicyclic) bond motifs is 1. The molecule has 2 aromatic carbocycles. The number of ether oxygens (including phenoxy) is 1. The summed E-state index contributed by atoms with van der Waals surface area (Å²) in [5, 5.41) is 19.0. The number of nitriles is 1. The Bertz CT molecular complexity index is 1260. The first-order chi connectivity index (χ1) is 14.5. The van der Waals surface area contributed by atoms with Crippen molar-refractivity contribution in [3.63, 3.8) is 0 Å². The van der Waals surface area contributed by atoms with Crippen LogP contribution in [0.1, 0.15) is 57.0 Å². The molecule has 6 nitrogen and oxygen atoms in total. The summed E-state index contributed by atoms with van der Waals surface area (Å²) in [6, 6.07) is 12.7. The van der Waals surface area contributed by atoms with Crippen molar-refractivity contribution < 1.29 is 24.2 Å². The summed E-state index contributed by atoms with van der Waals surface area (Å²) >= 11 is 0. The smallest absolute Gasteiger partial charge is 0.229 e. The van der Waals surface area contributed by atoms with Gasteiger partial charge in [-0.2, -0.15) is 5.26 Å². The van der Waals surface area contributed by atoms with Gasteiger partial charge in [0.25, 0.3) is 0 Å². The number of carbonyl (C=O) groups is 3. The van der Waals surface area contributed by atoms with Crippen LogP contribution in [-0.2, 0) is 9.53 Å². The number of benzene rings is 2. The zero-order valence-corrected chi connectivity index (χ0v) is 15.8. The molecule has 0 bridgehead atoms. The number of nitrogens with zero attached hydrogens (tertiary/aromatic N) is 1. The van der Waals surface area contributed by atoms with Crippen LogP contribution in [0.25, 0.3) is 0 Å². The minimum Gasteiger partial charge on any atom is -0.508 e. The van der Waals surface area contributed by atoms with E-state index in [1.54, 1.807) is 24.3 Å². The van der Waals surface area contributed by atoms with Crippen molar-refractivity contribution in [1.29, 1.82) is 5.26 Å². The van der Waals surface area contributed by atoms with E-state index >= 15 is 0 Å². The number of phenols is 1. The number of aromatic hydroxyl groups is 1. The van der Waals surface area contributed by atoms with Gasteiger partial charge in [0.2, 0.25) is 5.78 Å². The molecular formula is C24H15NO5. The predicted molar refractivity (Wildman–Crippen MR) is 105 cm³/mol. The molecule has 30 heavy (non-hydrogen) atoms. The number of Topliss-reactive ketones (excluding diaryl/α,β-unsaturated/α-hetero) is 3. The molecule has 1 aliphatic heterocycles. The Labute approximate surface area is 171 Å². The van der Waals surface area contributed by atoms with Crippen molar-refractivity contribution >= 4 is 17.3 Å². The molecular weight excluding hydrogens is 382 g/mol. The summed E-state index contributed by atoms with van der Waals surface area (Å²) in [5.74, 6) is -1.50. The number of rotatable bonds is 1. The van der Waals surface area contributed by atoms with Crippen LogP contribution in [0.2, 0.25) is 0 Å². The van der Waals surface area contributed by atoms with E-state index in [1.165, 1.54) is 18.2 Å². The molecule has 0 amide bonds. The molecule has 0 saturated carbocycles. The molecule has 3 aliphatic rings. The van der Waals surface area contributed by atoms with Gasteiger partial charge in [0.15, 0.2) is 17.3 Å². The van der Waals surface area contributed by atoms with Crippen molar-refractivity contribution in [2.24, 2.45) is 0 Å². The monoisotopic (exact) mass is 397 g/mol. The average molecular weight is 397 g/mol. The predicted octanol–water partition coefficient (Wildman–Crippen LogP) is 3.72. The molecule has 2 aliphatic carbocycles. The van der Waals surface area contributed by atoms with Crippen LogP contribution in [0.3, 0.4) is 0 Å². The fourth-order valence-electron chi connectivity index (χ4n) is 4.39. The van der Waals surface area contributed by atoms with Crippen molar-refractivity contribution in [2.75, 3.05) is 0 Å². The molecule has 0 spiro atoms. The lowest BCUT2D eigenvalue weighted by Crippen LogP contribution is -2.34. The molecule has 1 unspecified atom stereocenters. The van der Waals surface area contributed by atoms with Crippen molar-refractivity contribution in [3.05, 3.63) is 87.4 Å². The molecule has 0 radical (unpaired) electrons. The van der Waals surface area contributed by atoms with Crippen molar-refractivity contribution in [1.82, 2.24) is 0 Å². The fraction of sp³-hybridized carbons (Fsp3) is 0.167. The van der Waals surface area contributed by atoms with E-state index in [1.807, 2.05) is 6.07 Å². The first-order valence-electron chi connectivity index (χ1n) is 9.60. The zero-order valence-electron chi connectivity index (χ0n) is 15.8. The largest absolute Gasteiger partial charge is 0.508 e. The Morgan fingerprint density at radius 2 is 1.70 bits per heavy atom. The van der Waals surface area contributed by atoms with Crippen LogP contribution in [-0.4, -0.2) is 22.5 Å². The molecule has 1 heterocycles. The van der Waals surface area contributed by atoms with Gasteiger partial charge in [-0.15, -0.1) is 0 Å². The number of ketones is 3. The van der Waals surface area contributed by atoms with E-state index in [2.05, 4.69) is 0 Å². The van der Waals surface area contributed by atoms with E-state index in [9.17, 15) is 19.5 Å². The molecule has 1 N–H and O–H groups in total. The quantitative estimate of drug-likeness (QED) is 0.786. The SMILES string of the molecule is N#Cc1ccc(C2C3=C(CCCC3=O)OC3=C2C(=O)c2cc(O)ccc2C3=O)cc1. The van der Waals surface area contributed by atoms with Gasteiger partial charge < -0.3 is 9.84 Å². The fourth-order valence-corrected chi connectivity index (χ4v) is 4.39. The van der Waals surface area contributed by atoms with E-state index in [4.69, 9.17) is 10.00 Å². The number of hydrogen-bond acceptors (Lipinski definition) is 6. The van der Waals surface area contributed by atoms with Gasteiger partial charge >= 0.3 is 0 Å². The summed E-state index contributed by atoms with van der Waals surface area (Å²) in [7, 11) is 0. The maximum absolute atomic E-state index is 13.4. The standard InChI is InChI=1S/C24H15NO5/c25-11-12-4-6-13(7-5-12)19-20-17(27)2-1-3-18(20)30-24-21(19)22(28)16-10-14(26)8-9-15(16)23(24)29/h4-10,19,26H,1-3H2. The maximum atomic E-state index is 13.4. The number of hydrogen-bond donors (Lipinski definition) is 1. The van der Waals surface area contributed by atoms with Gasteiger partial charge in [-0.1, -0.05) is 12.1 Å². The molecule has 2 aromatic rings. The highest BCUT2D eigenvalue weighted by molar-refractivity contribution is 6.28. The lowest BCUT2D eigenvalue weighted by Gasteiger charge is -2.35. The van der Waals surface area contributed by atoms with Gasteiger partial charge in [-0.25, -0.2) is 0 Å². The molecule has 146 valence electrons. The van der Waals surface area contributed by atoms with Gasteiger partial charge in [0, 0.05) is 35.5 Å². The van der Waals surface area contributed by atoms with Crippen LogP contribution in [0, 0.1) is 11.3 Å². The Morgan fingerprint density at radius 3 is 2.43 bits per heavy atom. The van der Waals surface area contributed by atoms with E-state index in [-0.39, 0.29) is 34.0 Å². The van der Waals surface area contributed by atoms with Gasteiger partial charge in [0.1, 0.15) is 11.5 Å². The maximum Gasteiger partial charge on any atom is 0.229 e. The number of allylic oxidation sites excluding steroid dienone is 4. The molecule has 0 saturated heterocycles. The highest BCUT2D eigenvalue weighted by atomic mass is 16.5. The Hall–Kier alpha value is -3.98. The van der Waals surface area contributed by atoms with Crippen LogP contribution < -0.4 is 0 Å². The Kier molecular flexibility index (Phi) is 3.93. The zero-order chi connectivity index (χ0) is 21.0. The van der Waals surface area contributed by atoms with Gasteiger partial charge in [-0.05, 0) is 42.3 Å². The summed E-state index contributed by atoms with van der Waals surface area (Å²) in [5.41, 5.74) is 1.85. The Balaban J connectivity index is 1.75. The molecule has 0 aromatic heterocycles. The second-order valence-corrected chi connectivity index (χ2v) is 7.51. The summed E-state index contributed by atoms with van der Waals surface area (Å²) < 4.78 is 5.88. The lowest BCUT2D eigenvalue weighted by molar-refractivity contribution is -0.116. The van der Waals surface area contributed by atoms with Gasteiger partial charge in [0.05, 0.1) is 17.2 Å². The highest BCUT2D eigenvalue weighted by Gasteiger charge is 2.46. The van der Waals surface area contributed by atoms with Crippen LogP contribution in [0.15, 0.2) is 65.1 Å². The van der Waals surface area contributed by atoms with Crippen molar-refractivity contribution in [2.45, 2.75) is 25.2 Å². The van der Waals surface area contributed by atoms with E-state index < -0.39 is 17.5 Å². The molecule has 1 atom stereocenters. The second-order valence-electron chi connectivity index (χ2n) is 7.51. The third-order valence-electron chi connectivity index (χ3n) is 5.77. The lowest BCUT2D eigenvalue weighted by atomic mass is 9.71. The average Bonchev–Trinajstić information content (AvgIpc) is 2.76. The number of phenolic OH excluding ortho intramolecular Hbond substituents is 1. The molecule has 0 fully saturated rings. The molecule has 5 rings (SSSR count). The van der Waals surface area contributed by atoms with Crippen molar-refractivity contribution in [3.8, 4) is 11.8 Å². The summed E-state index contributed by atoms with van der Waals surface area (Å²) in [6.07, 6.45) is 1.47. The minimum absolute atomic E-state index is 0.0546. The van der Waals surface area contributed by atoms with Crippen LogP contribution in [0.5, 0.6) is 5.75 Å². The minimum atomic E-state index is -0.753. The van der Waals surface area contributed by atoms with Crippen LogP contribution >= 0.6 is 0 Å². The van der Waals surface area contributed by atoms with E-state index in [0.717, 1.165) is 0 Å². The van der Waals surface area contributed by atoms with Crippen LogP contribution in [0.4, 0.5) is 0 Å². The summed E-state index contributed by atoms with van der Waals surface area (Å²) in [4.78, 5) is 39.5. The number of carbonyl (C=O) groups excluding carboxylic acids is 3. The Morgan fingerprint density at radius 1 is 0.933 bits per heavy atom. The van der Waals surface area contributed by atoms with E-state index in [0.29, 0.717) is 41.7 Å². The normalized spacial score (nSPS) is 20.2. The van der Waals surface area contributed by atoms with Gasteiger partial charge in [-0.3, -0.25) is 14.4 Å². The first-order valence-corrected chi connectivity index (χ1v) is 9.60. The third kappa shape index (κ3) is 2.52. The second kappa shape index (κ2) is 6.53. The first kappa shape index (κ1) is 18.1. The molecule has 6 heteroatoms.